The summed E-state index contributed by atoms with van der Waals surface area (Å²) in [5.41, 5.74) is 8.22. The number of rotatable bonds is 6. The van der Waals surface area contributed by atoms with Crippen LogP contribution in [-0.2, 0) is 0 Å². The summed E-state index contributed by atoms with van der Waals surface area (Å²) >= 11 is 0. The molecule has 4 heteroatoms. The molecule has 3 nitrogen and oxygen atoms in total. The number of hydrogen-bond acceptors (Lipinski definition) is 3. The Morgan fingerprint density at radius 3 is 1.34 bits per heavy atom. The molecule has 0 fully saturated rings. The molecule has 0 spiro atoms. The van der Waals surface area contributed by atoms with Gasteiger partial charge in [0.15, 0.2) is 0 Å². The first-order valence-corrected chi connectivity index (χ1v) is 12.7. The molecule has 6 aromatic carbocycles. The lowest BCUT2D eigenvalue weighted by atomic mass is 9.80. The van der Waals surface area contributed by atoms with Crippen LogP contribution in [0.5, 0.6) is 0 Å². The molecule has 0 heterocycles. The molecule has 0 atom stereocenters. The van der Waals surface area contributed by atoms with E-state index in [0.717, 1.165) is 22.6 Å². The molecule has 38 heavy (non-hydrogen) atoms. The Morgan fingerprint density at radius 2 is 0.816 bits per heavy atom. The van der Waals surface area contributed by atoms with Gasteiger partial charge in [0.25, 0.3) is 0 Å². The fourth-order valence-corrected chi connectivity index (χ4v) is 5.03. The number of para-hydroxylation sites is 1. The molecule has 0 saturated carbocycles. The predicted molar refractivity (Wildman–Crippen MR) is 159 cm³/mol. The van der Waals surface area contributed by atoms with E-state index in [0.29, 0.717) is 5.46 Å². The smallest absolute Gasteiger partial charge is 0.423 e. The Morgan fingerprint density at radius 1 is 0.395 bits per heavy atom. The van der Waals surface area contributed by atoms with Crippen molar-refractivity contribution < 1.29 is 10.0 Å². The third kappa shape index (κ3) is 4.59. The molecular weight excluding hydrogens is 465 g/mol. The number of fused-ring (bicyclic) bond motifs is 1. The first-order valence-electron chi connectivity index (χ1n) is 12.7. The molecular formula is C34H26BNO2. The van der Waals surface area contributed by atoms with E-state index < -0.39 is 7.12 Å². The average molecular weight is 491 g/mol. The summed E-state index contributed by atoms with van der Waals surface area (Å²) in [6.07, 6.45) is 0. The van der Waals surface area contributed by atoms with Gasteiger partial charge in [-0.3, -0.25) is 0 Å². The van der Waals surface area contributed by atoms with Gasteiger partial charge >= 0.3 is 7.12 Å². The summed E-state index contributed by atoms with van der Waals surface area (Å²) in [5.74, 6) is 0. The molecule has 2 N–H and O–H groups in total. The van der Waals surface area contributed by atoms with Crippen molar-refractivity contribution in [3.8, 4) is 22.3 Å². The van der Waals surface area contributed by atoms with E-state index >= 15 is 0 Å². The number of benzene rings is 6. The van der Waals surface area contributed by atoms with Crippen molar-refractivity contribution in [1.29, 1.82) is 0 Å². The van der Waals surface area contributed by atoms with Crippen molar-refractivity contribution >= 4 is 40.4 Å². The Labute approximate surface area is 223 Å². The van der Waals surface area contributed by atoms with Crippen LogP contribution in [0.3, 0.4) is 0 Å². The normalized spacial score (nSPS) is 10.9. The van der Waals surface area contributed by atoms with Gasteiger partial charge in [0.05, 0.1) is 0 Å². The third-order valence-electron chi connectivity index (χ3n) is 6.91. The highest BCUT2D eigenvalue weighted by Gasteiger charge is 2.16. The Balaban J connectivity index is 1.41. The molecule has 0 aliphatic heterocycles. The molecule has 0 aromatic heterocycles. The Bertz CT molecular complexity index is 1670. The SMILES string of the molecule is OB(O)c1ccc(N(c2ccccc2)c2ccc(-c3ccc(-c4ccccc4)c4ccccc34)cc2)cc1. The maximum Gasteiger partial charge on any atom is 0.488 e. The zero-order chi connectivity index (χ0) is 25.9. The fraction of sp³-hybridized carbons (Fsp3) is 0. The molecule has 6 rings (SSSR count). The molecule has 0 aliphatic rings. The number of hydrogen-bond donors (Lipinski definition) is 2. The Kier molecular flexibility index (Phi) is 6.49. The monoisotopic (exact) mass is 491 g/mol. The van der Waals surface area contributed by atoms with E-state index in [-0.39, 0.29) is 0 Å². The van der Waals surface area contributed by atoms with E-state index in [4.69, 9.17) is 0 Å². The van der Waals surface area contributed by atoms with Crippen LogP contribution in [0.4, 0.5) is 17.1 Å². The molecule has 0 saturated heterocycles. The van der Waals surface area contributed by atoms with E-state index in [1.165, 1.54) is 27.5 Å². The van der Waals surface area contributed by atoms with Gasteiger partial charge in [-0.15, -0.1) is 0 Å². The zero-order valence-electron chi connectivity index (χ0n) is 20.8. The second-order valence-corrected chi connectivity index (χ2v) is 9.26. The standard InChI is InChI=1S/C34H26BNO2/c37-35(38)27-17-21-30(22-18-27)36(28-11-5-2-6-12-28)29-19-15-26(16-20-29)32-24-23-31(25-9-3-1-4-10-25)33-13-7-8-14-34(32)33/h1-24,37-38H. The molecule has 0 amide bonds. The summed E-state index contributed by atoms with van der Waals surface area (Å²) in [6, 6.07) is 49.6. The zero-order valence-corrected chi connectivity index (χ0v) is 20.8. The Hall–Kier alpha value is -4.64. The van der Waals surface area contributed by atoms with Crippen LogP contribution in [0, 0.1) is 0 Å². The van der Waals surface area contributed by atoms with Crippen LogP contribution in [0.25, 0.3) is 33.0 Å². The lowest BCUT2D eigenvalue weighted by molar-refractivity contribution is 0.426. The lowest BCUT2D eigenvalue weighted by Gasteiger charge is -2.26. The van der Waals surface area contributed by atoms with Gasteiger partial charge in [-0.05, 0) is 74.9 Å². The summed E-state index contributed by atoms with van der Waals surface area (Å²) in [6.45, 7) is 0. The number of anilines is 3. The first-order chi connectivity index (χ1) is 18.7. The largest absolute Gasteiger partial charge is 0.488 e. The van der Waals surface area contributed by atoms with Crippen LogP contribution in [-0.4, -0.2) is 17.2 Å². The van der Waals surface area contributed by atoms with Gasteiger partial charge in [-0.25, -0.2) is 0 Å². The summed E-state index contributed by atoms with van der Waals surface area (Å²) in [7, 11) is -1.49. The van der Waals surface area contributed by atoms with E-state index in [1.807, 2.05) is 36.4 Å². The van der Waals surface area contributed by atoms with E-state index in [2.05, 4.69) is 102 Å². The predicted octanol–water partition coefficient (Wildman–Crippen LogP) is 7.32. The molecule has 0 aliphatic carbocycles. The minimum atomic E-state index is -1.49. The summed E-state index contributed by atoms with van der Waals surface area (Å²) < 4.78 is 0. The molecule has 6 aromatic rings. The topological polar surface area (TPSA) is 43.7 Å². The molecule has 182 valence electrons. The summed E-state index contributed by atoms with van der Waals surface area (Å²) in [5, 5.41) is 21.5. The van der Waals surface area contributed by atoms with Gasteiger partial charge in [0, 0.05) is 17.1 Å². The van der Waals surface area contributed by atoms with Gasteiger partial charge in [-0.2, -0.15) is 0 Å². The van der Waals surface area contributed by atoms with Crippen molar-refractivity contribution in [1.82, 2.24) is 0 Å². The van der Waals surface area contributed by atoms with Crippen molar-refractivity contribution in [3.63, 3.8) is 0 Å². The second kappa shape index (κ2) is 10.4. The van der Waals surface area contributed by atoms with Crippen LogP contribution >= 0.6 is 0 Å². The van der Waals surface area contributed by atoms with Crippen LogP contribution < -0.4 is 10.4 Å². The quantitative estimate of drug-likeness (QED) is 0.240. The van der Waals surface area contributed by atoms with Gasteiger partial charge in [-0.1, -0.05) is 109 Å². The van der Waals surface area contributed by atoms with Crippen LogP contribution in [0.2, 0.25) is 0 Å². The van der Waals surface area contributed by atoms with Crippen LogP contribution in [0.15, 0.2) is 146 Å². The average Bonchev–Trinajstić information content (AvgIpc) is 2.98. The highest BCUT2D eigenvalue weighted by atomic mass is 16.4. The highest BCUT2D eigenvalue weighted by molar-refractivity contribution is 6.58. The maximum atomic E-state index is 9.53. The molecule has 0 unspecified atom stereocenters. The van der Waals surface area contributed by atoms with Gasteiger partial charge in [0.2, 0.25) is 0 Å². The molecule has 0 radical (unpaired) electrons. The second-order valence-electron chi connectivity index (χ2n) is 9.26. The number of nitrogens with zero attached hydrogens (tertiary/aromatic N) is 1. The van der Waals surface area contributed by atoms with E-state index in [1.54, 1.807) is 12.1 Å². The molecule has 0 bridgehead atoms. The highest BCUT2D eigenvalue weighted by Crippen LogP contribution is 2.38. The van der Waals surface area contributed by atoms with Crippen molar-refractivity contribution in [2.75, 3.05) is 4.90 Å². The van der Waals surface area contributed by atoms with Crippen LogP contribution in [0.1, 0.15) is 0 Å². The van der Waals surface area contributed by atoms with Gasteiger partial charge in [0.1, 0.15) is 0 Å². The minimum Gasteiger partial charge on any atom is -0.423 e. The van der Waals surface area contributed by atoms with Crippen molar-refractivity contribution in [3.05, 3.63) is 146 Å². The van der Waals surface area contributed by atoms with Gasteiger partial charge < -0.3 is 14.9 Å². The third-order valence-corrected chi connectivity index (χ3v) is 6.91. The summed E-state index contributed by atoms with van der Waals surface area (Å²) in [4.78, 5) is 2.16. The lowest BCUT2D eigenvalue weighted by Crippen LogP contribution is -2.29. The van der Waals surface area contributed by atoms with Crippen molar-refractivity contribution in [2.24, 2.45) is 0 Å². The fourth-order valence-electron chi connectivity index (χ4n) is 5.03. The van der Waals surface area contributed by atoms with Crippen molar-refractivity contribution in [2.45, 2.75) is 0 Å². The minimum absolute atomic E-state index is 0.461. The maximum absolute atomic E-state index is 9.53. The first kappa shape index (κ1) is 23.7. The van der Waals surface area contributed by atoms with E-state index in [9.17, 15) is 10.0 Å².